The zero-order valence-corrected chi connectivity index (χ0v) is 17.6. The first-order valence-electron chi connectivity index (χ1n) is 9.60. The maximum Gasteiger partial charge on any atom is 0.262 e. The predicted molar refractivity (Wildman–Crippen MR) is 122 cm³/mol. The van der Waals surface area contributed by atoms with E-state index >= 15 is 0 Å². The highest BCUT2D eigenvalue weighted by atomic mass is 35.5. The molecule has 0 atom stereocenters. The van der Waals surface area contributed by atoms with Crippen LogP contribution in [0.15, 0.2) is 71.7 Å². The second-order valence-electron chi connectivity index (χ2n) is 6.53. The van der Waals surface area contributed by atoms with Crippen LogP contribution in [0.25, 0.3) is 0 Å². The Hall–Kier alpha value is -3.31. The molecule has 0 aliphatic rings. The highest BCUT2D eigenvalue weighted by Gasteiger charge is 2.09. The summed E-state index contributed by atoms with van der Waals surface area (Å²) in [5.74, 6) is 0.804. The number of hydrogen-bond acceptors (Lipinski definition) is 4. The number of amides is 1. The largest absolute Gasteiger partial charge is 0.490 e. The highest BCUT2D eigenvalue weighted by Crippen LogP contribution is 2.29. The SMILES string of the molecule is CCOc1cc(C=Nc2cc(Cl)ccc2C)ccc1OCC(=O)Nc1ccccc1. The van der Waals surface area contributed by atoms with Gasteiger partial charge in [-0.05, 0) is 67.4 Å². The van der Waals surface area contributed by atoms with Crippen LogP contribution in [-0.2, 0) is 4.79 Å². The molecule has 0 bridgehead atoms. The lowest BCUT2D eigenvalue weighted by Gasteiger charge is -2.12. The van der Waals surface area contributed by atoms with Crippen molar-refractivity contribution in [1.29, 1.82) is 0 Å². The van der Waals surface area contributed by atoms with E-state index in [9.17, 15) is 4.79 Å². The lowest BCUT2D eigenvalue weighted by molar-refractivity contribution is -0.118. The number of nitrogens with zero attached hydrogens (tertiary/aromatic N) is 1. The first kappa shape index (κ1) is 21.4. The lowest BCUT2D eigenvalue weighted by Crippen LogP contribution is -2.20. The van der Waals surface area contributed by atoms with Crippen molar-refractivity contribution in [3.05, 3.63) is 82.9 Å². The summed E-state index contributed by atoms with van der Waals surface area (Å²) in [5, 5.41) is 3.43. The monoisotopic (exact) mass is 422 g/mol. The zero-order chi connectivity index (χ0) is 21.3. The van der Waals surface area contributed by atoms with Crippen molar-refractivity contribution in [2.24, 2.45) is 4.99 Å². The summed E-state index contributed by atoms with van der Waals surface area (Å²) in [7, 11) is 0. The van der Waals surface area contributed by atoms with Gasteiger partial charge >= 0.3 is 0 Å². The van der Waals surface area contributed by atoms with Gasteiger partial charge in [-0.15, -0.1) is 0 Å². The Morgan fingerprint density at radius 2 is 1.83 bits per heavy atom. The molecule has 1 amide bonds. The van der Waals surface area contributed by atoms with E-state index in [4.69, 9.17) is 21.1 Å². The number of carbonyl (C=O) groups excluding carboxylic acids is 1. The third kappa shape index (κ3) is 6.09. The fraction of sp³-hybridized carbons (Fsp3) is 0.167. The van der Waals surface area contributed by atoms with Crippen LogP contribution in [0.2, 0.25) is 5.02 Å². The summed E-state index contributed by atoms with van der Waals surface area (Å²) < 4.78 is 11.4. The third-order valence-electron chi connectivity index (χ3n) is 4.21. The van der Waals surface area contributed by atoms with E-state index in [1.165, 1.54) is 0 Å². The topological polar surface area (TPSA) is 59.9 Å². The Bertz CT molecular complexity index is 1040. The highest BCUT2D eigenvalue weighted by molar-refractivity contribution is 6.30. The van der Waals surface area contributed by atoms with Crippen molar-refractivity contribution in [3.63, 3.8) is 0 Å². The van der Waals surface area contributed by atoms with Gasteiger partial charge in [0, 0.05) is 16.9 Å². The minimum atomic E-state index is -0.245. The van der Waals surface area contributed by atoms with Gasteiger partial charge in [0.25, 0.3) is 5.91 Å². The lowest BCUT2D eigenvalue weighted by atomic mass is 10.2. The minimum absolute atomic E-state index is 0.121. The average molecular weight is 423 g/mol. The van der Waals surface area contributed by atoms with Crippen molar-refractivity contribution in [2.45, 2.75) is 13.8 Å². The van der Waals surface area contributed by atoms with Crippen LogP contribution in [0, 0.1) is 6.92 Å². The van der Waals surface area contributed by atoms with Crippen molar-refractivity contribution in [3.8, 4) is 11.5 Å². The normalized spacial score (nSPS) is 10.8. The molecule has 0 aromatic heterocycles. The first-order valence-corrected chi connectivity index (χ1v) is 9.97. The fourth-order valence-electron chi connectivity index (χ4n) is 2.72. The number of aryl methyl sites for hydroxylation is 1. The van der Waals surface area contributed by atoms with Crippen molar-refractivity contribution < 1.29 is 14.3 Å². The Morgan fingerprint density at radius 1 is 1.03 bits per heavy atom. The summed E-state index contributed by atoms with van der Waals surface area (Å²) in [6, 6.07) is 20.3. The molecule has 3 aromatic rings. The summed E-state index contributed by atoms with van der Waals surface area (Å²) in [6.45, 7) is 4.22. The van der Waals surface area contributed by atoms with E-state index in [0.717, 1.165) is 22.5 Å². The molecule has 30 heavy (non-hydrogen) atoms. The second kappa shape index (κ2) is 10.5. The molecule has 6 heteroatoms. The van der Waals surface area contributed by atoms with Crippen LogP contribution in [0.4, 0.5) is 11.4 Å². The van der Waals surface area contributed by atoms with Gasteiger partial charge in [-0.25, -0.2) is 0 Å². The maximum atomic E-state index is 12.1. The standard InChI is InChI=1S/C24H23ClN2O3/c1-3-29-23-13-18(15-26-21-14-19(25)11-9-17(21)2)10-12-22(23)30-16-24(28)27-20-7-5-4-6-8-20/h4-15H,3,16H2,1-2H3,(H,27,28). The zero-order valence-electron chi connectivity index (χ0n) is 16.9. The molecule has 0 unspecified atom stereocenters. The van der Waals surface area contributed by atoms with Crippen molar-refractivity contribution in [2.75, 3.05) is 18.5 Å². The summed E-state index contributed by atoms with van der Waals surface area (Å²) >= 11 is 6.05. The molecular formula is C24H23ClN2O3. The Kier molecular flexibility index (Phi) is 7.46. The first-order chi connectivity index (χ1) is 14.5. The summed E-state index contributed by atoms with van der Waals surface area (Å²) in [4.78, 5) is 16.7. The van der Waals surface area contributed by atoms with Gasteiger partial charge < -0.3 is 14.8 Å². The number of benzene rings is 3. The Labute approximate surface area is 181 Å². The molecule has 0 saturated heterocycles. The van der Waals surface area contributed by atoms with Crippen LogP contribution in [0.3, 0.4) is 0 Å². The minimum Gasteiger partial charge on any atom is -0.490 e. The molecule has 1 N–H and O–H groups in total. The number of halogens is 1. The van der Waals surface area contributed by atoms with E-state index in [-0.39, 0.29) is 12.5 Å². The molecule has 0 aliphatic carbocycles. The molecule has 0 saturated carbocycles. The molecule has 0 fully saturated rings. The van der Waals surface area contributed by atoms with Gasteiger partial charge in [0.15, 0.2) is 18.1 Å². The van der Waals surface area contributed by atoms with Gasteiger partial charge in [-0.2, -0.15) is 0 Å². The molecule has 5 nitrogen and oxygen atoms in total. The Balaban J connectivity index is 1.69. The molecule has 3 aromatic carbocycles. The smallest absolute Gasteiger partial charge is 0.262 e. The second-order valence-corrected chi connectivity index (χ2v) is 6.97. The van der Waals surface area contributed by atoms with Gasteiger partial charge in [-0.1, -0.05) is 35.9 Å². The number of aliphatic imine (C=N–C) groups is 1. The van der Waals surface area contributed by atoms with Crippen LogP contribution in [-0.4, -0.2) is 25.3 Å². The van der Waals surface area contributed by atoms with Gasteiger partial charge in [0.2, 0.25) is 0 Å². The predicted octanol–water partition coefficient (Wildman–Crippen LogP) is 5.82. The third-order valence-corrected chi connectivity index (χ3v) is 4.44. The summed E-state index contributed by atoms with van der Waals surface area (Å²) in [6.07, 6.45) is 1.74. The molecule has 0 heterocycles. The van der Waals surface area contributed by atoms with E-state index in [1.807, 2.05) is 74.5 Å². The molecule has 154 valence electrons. The quantitative estimate of drug-likeness (QED) is 0.465. The van der Waals surface area contributed by atoms with E-state index < -0.39 is 0 Å². The molecular weight excluding hydrogens is 400 g/mol. The summed E-state index contributed by atoms with van der Waals surface area (Å²) in [5.41, 5.74) is 3.40. The molecule has 0 radical (unpaired) electrons. The number of anilines is 1. The number of hydrogen-bond donors (Lipinski definition) is 1. The Morgan fingerprint density at radius 3 is 2.60 bits per heavy atom. The van der Waals surface area contributed by atoms with E-state index in [0.29, 0.717) is 23.1 Å². The van der Waals surface area contributed by atoms with Crippen LogP contribution < -0.4 is 14.8 Å². The average Bonchev–Trinajstić information content (AvgIpc) is 2.74. The number of rotatable bonds is 8. The van der Waals surface area contributed by atoms with Crippen LogP contribution in [0.1, 0.15) is 18.1 Å². The number of para-hydroxylation sites is 1. The van der Waals surface area contributed by atoms with Gasteiger partial charge in [0.05, 0.1) is 12.3 Å². The number of carbonyl (C=O) groups is 1. The van der Waals surface area contributed by atoms with Crippen LogP contribution >= 0.6 is 11.6 Å². The number of ether oxygens (including phenoxy) is 2. The molecule has 3 rings (SSSR count). The van der Waals surface area contributed by atoms with Gasteiger partial charge in [0.1, 0.15) is 0 Å². The molecule has 0 spiro atoms. The van der Waals surface area contributed by atoms with Gasteiger partial charge in [-0.3, -0.25) is 9.79 Å². The van der Waals surface area contributed by atoms with E-state index in [1.54, 1.807) is 12.3 Å². The maximum absolute atomic E-state index is 12.1. The van der Waals surface area contributed by atoms with E-state index in [2.05, 4.69) is 10.3 Å². The fourth-order valence-corrected chi connectivity index (χ4v) is 2.89. The van der Waals surface area contributed by atoms with Crippen molar-refractivity contribution in [1.82, 2.24) is 0 Å². The molecule has 0 aliphatic heterocycles. The van der Waals surface area contributed by atoms with Crippen molar-refractivity contribution >= 4 is 35.1 Å². The number of nitrogens with one attached hydrogen (secondary N) is 1. The van der Waals surface area contributed by atoms with Crippen LogP contribution in [0.5, 0.6) is 11.5 Å².